The van der Waals surface area contributed by atoms with E-state index in [1.807, 2.05) is 33.3 Å². The molecule has 1 N–H and O–H groups in total. The Labute approximate surface area is 125 Å². The minimum atomic E-state index is 0.385. The molecule has 0 radical (unpaired) electrons. The monoisotopic (exact) mass is 292 g/mol. The molecule has 0 aliphatic carbocycles. The molecule has 0 saturated heterocycles. The van der Waals surface area contributed by atoms with Gasteiger partial charge in [-0.1, -0.05) is 17.7 Å². The number of nitrogens with one attached hydrogen (secondary N) is 1. The van der Waals surface area contributed by atoms with Gasteiger partial charge < -0.3 is 5.32 Å². The standard InChI is InChI=1S/C15H21ClN4/c1-11-14(15(16)20(3)19-11)9-13(17-2)7-6-12-5-4-8-18-10-12/h4-5,8,10,13,17H,6-7,9H2,1-3H3. The Bertz CT molecular complexity index is 551. The predicted octanol–water partition coefficient (Wildman–Crippen LogP) is 2.54. The van der Waals surface area contributed by atoms with Gasteiger partial charge in [0.15, 0.2) is 0 Å². The smallest absolute Gasteiger partial charge is 0.130 e. The summed E-state index contributed by atoms with van der Waals surface area (Å²) in [6, 6.07) is 4.48. The average molecular weight is 293 g/mol. The number of pyridine rings is 1. The lowest BCUT2D eigenvalue weighted by Crippen LogP contribution is -2.28. The fraction of sp³-hybridized carbons (Fsp3) is 0.467. The van der Waals surface area contributed by atoms with Crippen molar-refractivity contribution >= 4 is 11.6 Å². The molecule has 0 saturated carbocycles. The second-order valence-corrected chi connectivity index (χ2v) is 5.43. The van der Waals surface area contributed by atoms with Gasteiger partial charge >= 0.3 is 0 Å². The Morgan fingerprint density at radius 3 is 2.80 bits per heavy atom. The van der Waals surface area contributed by atoms with Gasteiger partial charge in [0, 0.05) is 31.0 Å². The summed E-state index contributed by atoms with van der Waals surface area (Å²) in [7, 11) is 3.87. The molecule has 0 spiro atoms. The van der Waals surface area contributed by atoms with Crippen molar-refractivity contribution < 1.29 is 0 Å². The van der Waals surface area contributed by atoms with Crippen molar-refractivity contribution in [3.05, 3.63) is 46.5 Å². The molecule has 20 heavy (non-hydrogen) atoms. The van der Waals surface area contributed by atoms with E-state index in [0.717, 1.165) is 35.7 Å². The van der Waals surface area contributed by atoms with Gasteiger partial charge in [-0.3, -0.25) is 9.67 Å². The molecule has 2 aromatic rings. The first-order valence-electron chi connectivity index (χ1n) is 6.86. The Morgan fingerprint density at radius 2 is 2.25 bits per heavy atom. The lowest BCUT2D eigenvalue weighted by molar-refractivity contribution is 0.519. The molecular weight excluding hydrogens is 272 g/mol. The summed E-state index contributed by atoms with van der Waals surface area (Å²) < 4.78 is 1.74. The van der Waals surface area contributed by atoms with Crippen LogP contribution in [0.4, 0.5) is 0 Å². The molecule has 2 rings (SSSR count). The number of likely N-dealkylation sites (N-methyl/N-ethyl adjacent to an activating group) is 1. The topological polar surface area (TPSA) is 42.7 Å². The van der Waals surface area contributed by atoms with Gasteiger partial charge in [0.25, 0.3) is 0 Å². The fourth-order valence-electron chi connectivity index (χ4n) is 2.39. The largest absolute Gasteiger partial charge is 0.317 e. The molecule has 2 aromatic heterocycles. The third-order valence-corrected chi connectivity index (χ3v) is 4.11. The van der Waals surface area contributed by atoms with Gasteiger partial charge in [-0.05, 0) is 44.9 Å². The third-order valence-electron chi connectivity index (χ3n) is 3.63. The van der Waals surface area contributed by atoms with Crippen LogP contribution in [0.3, 0.4) is 0 Å². The number of nitrogens with zero attached hydrogens (tertiary/aromatic N) is 3. The van der Waals surface area contributed by atoms with Gasteiger partial charge in [-0.2, -0.15) is 5.10 Å². The summed E-state index contributed by atoms with van der Waals surface area (Å²) in [6.45, 7) is 2.01. The van der Waals surface area contributed by atoms with E-state index in [0.29, 0.717) is 6.04 Å². The molecule has 5 heteroatoms. The first-order chi connectivity index (χ1) is 9.61. The first kappa shape index (κ1) is 15.0. The van der Waals surface area contributed by atoms with Crippen LogP contribution in [0.1, 0.15) is 23.2 Å². The minimum absolute atomic E-state index is 0.385. The Balaban J connectivity index is 1.99. The van der Waals surface area contributed by atoms with Crippen molar-refractivity contribution in [3.63, 3.8) is 0 Å². The molecule has 0 fully saturated rings. The number of rotatable bonds is 6. The average Bonchev–Trinajstić information content (AvgIpc) is 2.70. The van der Waals surface area contributed by atoms with E-state index in [1.54, 1.807) is 10.9 Å². The van der Waals surface area contributed by atoms with Crippen molar-refractivity contribution in [1.29, 1.82) is 0 Å². The van der Waals surface area contributed by atoms with E-state index in [9.17, 15) is 0 Å². The number of hydrogen-bond donors (Lipinski definition) is 1. The number of halogens is 1. The van der Waals surface area contributed by atoms with Crippen LogP contribution in [0.15, 0.2) is 24.5 Å². The maximum atomic E-state index is 6.29. The van der Waals surface area contributed by atoms with Crippen LogP contribution < -0.4 is 5.32 Å². The van der Waals surface area contributed by atoms with Gasteiger partial charge in [0.2, 0.25) is 0 Å². The van der Waals surface area contributed by atoms with Crippen LogP contribution in [0, 0.1) is 6.92 Å². The normalized spacial score (nSPS) is 12.6. The number of aryl methyl sites for hydroxylation is 3. The summed E-state index contributed by atoms with van der Waals surface area (Å²) in [5.41, 5.74) is 3.42. The maximum Gasteiger partial charge on any atom is 0.130 e. The molecule has 0 bridgehead atoms. The first-order valence-corrected chi connectivity index (χ1v) is 7.23. The summed E-state index contributed by atoms with van der Waals surface area (Å²) in [5.74, 6) is 0. The van der Waals surface area contributed by atoms with Crippen LogP contribution in [-0.2, 0) is 19.9 Å². The van der Waals surface area contributed by atoms with Crippen molar-refractivity contribution in [3.8, 4) is 0 Å². The maximum absolute atomic E-state index is 6.29. The van der Waals surface area contributed by atoms with Crippen molar-refractivity contribution in [1.82, 2.24) is 20.1 Å². The van der Waals surface area contributed by atoms with Gasteiger partial charge in [0.1, 0.15) is 5.15 Å². The molecule has 4 nitrogen and oxygen atoms in total. The van der Waals surface area contributed by atoms with E-state index >= 15 is 0 Å². The molecule has 1 unspecified atom stereocenters. The molecule has 0 aliphatic heterocycles. The Morgan fingerprint density at radius 1 is 1.45 bits per heavy atom. The van der Waals surface area contributed by atoms with E-state index in [-0.39, 0.29) is 0 Å². The molecule has 2 heterocycles. The van der Waals surface area contributed by atoms with Crippen LogP contribution >= 0.6 is 11.6 Å². The molecule has 0 amide bonds. The van der Waals surface area contributed by atoms with Crippen molar-refractivity contribution in [2.45, 2.75) is 32.2 Å². The second-order valence-electron chi connectivity index (χ2n) is 5.07. The van der Waals surface area contributed by atoms with E-state index in [2.05, 4.69) is 21.5 Å². The Kier molecular flexibility index (Phi) is 5.15. The summed E-state index contributed by atoms with van der Waals surface area (Å²) in [5, 5.41) is 8.47. The Hall–Kier alpha value is -1.39. The lowest BCUT2D eigenvalue weighted by atomic mass is 10.0. The summed E-state index contributed by atoms with van der Waals surface area (Å²) >= 11 is 6.29. The van der Waals surface area contributed by atoms with Crippen LogP contribution in [0.5, 0.6) is 0 Å². The fourth-order valence-corrected chi connectivity index (χ4v) is 2.64. The van der Waals surface area contributed by atoms with Crippen LogP contribution in [-0.4, -0.2) is 27.9 Å². The zero-order valence-electron chi connectivity index (χ0n) is 12.2. The van der Waals surface area contributed by atoms with E-state index in [4.69, 9.17) is 11.6 Å². The minimum Gasteiger partial charge on any atom is -0.317 e. The van der Waals surface area contributed by atoms with E-state index in [1.165, 1.54) is 5.56 Å². The molecular formula is C15H21ClN4. The quantitative estimate of drug-likeness (QED) is 0.890. The third kappa shape index (κ3) is 3.58. The zero-order chi connectivity index (χ0) is 14.5. The highest BCUT2D eigenvalue weighted by Gasteiger charge is 2.16. The van der Waals surface area contributed by atoms with Gasteiger partial charge in [-0.25, -0.2) is 0 Å². The number of hydrogen-bond acceptors (Lipinski definition) is 3. The highest BCUT2D eigenvalue weighted by Crippen LogP contribution is 2.21. The van der Waals surface area contributed by atoms with Crippen molar-refractivity contribution in [2.75, 3.05) is 7.05 Å². The van der Waals surface area contributed by atoms with Gasteiger partial charge in [0.05, 0.1) is 5.69 Å². The summed E-state index contributed by atoms with van der Waals surface area (Å²) in [4.78, 5) is 4.15. The highest BCUT2D eigenvalue weighted by atomic mass is 35.5. The second kappa shape index (κ2) is 6.86. The van der Waals surface area contributed by atoms with Gasteiger partial charge in [-0.15, -0.1) is 0 Å². The zero-order valence-corrected chi connectivity index (χ0v) is 13.0. The molecule has 108 valence electrons. The lowest BCUT2D eigenvalue weighted by Gasteiger charge is -2.16. The van der Waals surface area contributed by atoms with Crippen LogP contribution in [0.2, 0.25) is 5.15 Å². The number of aromatic nitrogens is 3. The highest BCUT2D eigenvalue weighted by molar-refractivity contribution is 6.30. The molecule has 0 aromatic carbocycles. The SMILES string of the molecule is CNC(CCc1cccnc1)Cc1c(C)nn(C)c1Cl. The molecule has 0 aliphatic rings. The molecule has 1 atom stereocenters. The van der Waals surface area contributed by atoms with Crippen LogP contribution in [0.25, 0.3) is 0 Å². The summed E-state index contributed by atoms with van der Waals surface area (Å²) in [6.07, 6.45) is 6.69. The van der Waals surface area contributed by atoms with Crippen molar-refractivity contribution in [2.24, 2.45) is 7.05 Å². The predicted molar refractivity (Wildman–Crippen MR) is 82.1 cm³/mol. The van der Waals surface area contributed by atoms with E-state index < -0.39 is 0 Å².